The smallest absolute Gasteiger partial charge is 0.423 e. The topological polar surface area (TPSA) is 53.4 Å². The summed E-state index contributed by atoms with van der Waals surface area (Å²) in [5.74, 6) is 0. The van der Waals surface area contributed by atoms with Crippen LogP contribution in [0, 0.1) is 0 Å². The molecule has 0 spiro atoms. The van der Waals surface area contributed by atoms with Gasteiger partial charge in [0.15, 0.2) is 0 Å². The Bertz CT molecular complexity index is 349. The molecule has 1 heterocycles. The average molecular weight is 175 g/mol. The molecule has 1 aliphatic carbocycles. The van der Waals surface area contributed by atoms with Gasteiger partial charge in [0.05, 0.1) is 0 Å². The van der Waals surface area contributed by atoms with E-state index in [9.17, 15) is 0 Å². The summed E-state index contributed by atoms with van der Waals surface area (Å²) in [5.41, 5.74) is 2.36. The summed E-state index contributed by atoms with van der Waals surface area (Å²) in [6.07, 6.45) is 7.40. The monoisotopic (exact) mass is 175 g/mol. The highest BCUT2D eigenvalue weighted by atomic mass is 16.4. The molecule has 3 nitrogen and oxygen atoms in total. The fourth-order valence-electron chi connectivity index (χ4n) is 1.57. The molecule has 13 heavy (non-hydrogen) atoms. The quantitative estimate of drug-likeness (QED) is 0.577. The van der Waals surface area contributed by atoms with E-state index in [-0.39, 0.29) is 0 Å². The van der Waals surface area contributed by atoms with Crippen LogP contribution in [-0.2, 0) is 6.42 Å². The summed E-state index contributed by atoms with van der Waals surface area (Å²) < 4.78 is 0. The minimum Gasteiger partial charge on any atom is -0.423 e. The first kappa shape index (κ1) is 8.47. The molecular weight excluding hydrogens is 165 g/mol. The van der Waals surface area contributed by atoms with E-state index in [1.807, 2.05) is 12.2 Å². The van der Waals surface area contributed by atoms with E-state index in [0.717, 1.165) is 24.1 Å². The van der Waals surface area contributed by atoms with Gasteiger partial charge >= 0.3 is 7.12 Å². The molecule has 66 valence electrons. The number of fused-ring (bicyclic) bond motifs is 1. The standard InChI is InChI=1S/C9H10BNO2/c12-10(13)8-5-6-11-9-4-2-1-3-7(8)9/h1,3,5-6,12-13H,2,4H2. The highest BCUT2D eigenvalue weighted by Crippen LogP contribution is 2.14. The van der Waals surface area contributed by atoms with E-state index in [2.05, 4.69) is 4.98 Å². The molecule has 2 N–H and O–H groups in total. The second kappa shape index (κ2) is 3.32. The number of rotatable bonds is 1. The number of pyridine rings is 1. The van der Waals surface area contributed by atoms with Crippen molar-refractivity contribution in [2.75, 3.05) is 0 Å². The maximum atomic E-state index is 9.07. The van der Waals surface area contributed by atoms with Crippen LogP contribution in [0.1, 0.15) is 17.7 Å². The van der Waals surface area contributed by atoms with E-state index < -0.39 is 7.12 Å². The third kappa shape index (κ3) is 1.50. The van der Waals surface area contributed by atoms with Gasteiger partial charge in [-0.1, -0.05) is 12.2 Å². The average Bonchev–Trinajstić information content (AvgIpc) is 2.17. The van der Waals surface area contributed by atoms with Gasteiger partial charge in [0.1, 0.15) is 0 Å². The van der Waals surface area contributed by atoms with Crippen LogP contribution in [0.15, 0.2) is 18.3 Å². The highest BCUT2D eigenvalue weighted by molar-refractivity contribution is 6.59. The molecule has 2 rings (SSSR count). The van der Waals surface area contributed by atoms with Crippen molar-refractivity contribution in [1.82, 2.24) is 4.98 Å². The Hall–Kier alpha value is -1.13. The first-order valence-electron chi connectivity index (χ1n) is 4.29. The van der Waals surface area contributed by atoms with Crippen LogP contribution < -0.4 is 5.46 Å². The molecule has 0 atom stereocenters. The van der Waals surface area contributed by atoms with Crippen LogP contribution in [-0.4, -0.2) is 22.2 Å². The van der Waals surface area contributed by atoms with Gasteiger partial charge < -0.3 is 10.0 Å². The molecule has 0 bridgehead atoms. The van der Waals surface area contributed by atoms with E-state index in [1.165, 1.54) is 0 Å². The largest absolute Gasteiger partial charge is 0.489 e. The molecule has 0 radical (unpaired) electrons. The number of hydrogen-bond donors (Lipinski definition) is 2. The van der Waals surface area contributed by atoms with Gasteiger partial charge in [-0.25, -0.2) is 0 Å². The summed E-state index contributed by atoms with van der Waals surface area (Å²) in [6, 6.07) is 1.64. The minimum absolute atomic E-state index is 0.543. The minimum atomic E-state index is -1.40. The summed E-state index contributed by atoms with van der Waals surface area (Å²) in [7, 11) is -1.40. The Kier molecular flexibility index (Phi) is 2.16. The SMILES string of the molecule is OB(O)c1ccnc2c1C=CCC2. The van der Waals surface area contributed by atoms with Crippen molar-refractivity contribution in [1.29, 1.82) is 0 Å². The predicted octanol–water partition coefficient (Wildman–Crippen LogP) is -0.279. The third-order valence-corrected chi connectivity index (χ3v) is 2.22. The van der Waals surface area contributed by atoms with Gasteiger partial charge in [-0.3, -0.25) is 4.98 Å². The zero-order valence-corrected chi connectivity index (χ0v) is 7.14. The molecule has 0 saturated heterocycles. The van der Waals surface area contributed by atoms with Gasteiger partial charge in [0, 0.05) is 11.9 Å². The first-order chi connectivity index (χ1) is 6.29. The fourth-order valence-corrected chi connectivity index (χ4v) is 1.57. The van der Waals surface area contributed by atoms with Gasteiger partial charge in [-0.15, -0.1) is 0 Å². The Morgan fingerprint density at radius 2 is 2.23 bits per heavy atom. The second-order valence-corrected chi connectivity index (χ2v) is 3.08. The molecule has 0 amide bonds. The first-order valence-corrected chi connectivity index (χ1v) is 4.29. The summed E-state index contributed by atoms with van der Waals surface area (Å²) in [6.45, 7) is 0. The lowest BCUT2D eigenvalue weighted by Crippen LogP contribution is -2.33. The molecule has 1 aromatic rings. The van der Waals surface area contributed by atoms with E-state index in [1.54, 1.807) is 12.3 Å². The maximum absolute atomic E-state index is 9.07. The third-order valence-electron chi connectivity index (χ3n) is 2.22. The van der Waals surface area contributed by atoms with Gasteiger partial charge in [0.2, 0.25) is 0 Å². The van der Waals surface area contributed by atoms with Crippen molar-refractivity contribution >= 4 is 18.7 Å². The van der Waals surface area contributed by atoms with Crippen molar-refractivity contribution < 1.29 is 10.0 Å². The number of aromatic nitrogens is 1. The molecular formula is C9H10BNO2. The van der Waals surface area contributed by atoms with Crippen LogP contribution in [0.5, 0.6) is 0 Å². The zero-order chi connectivity index (χ0) is 9.26. The Labute approximate surface area is 76.9 Å². The van der Waals surface area contributed by atoms with Gasteiger partial charge in [-0.05, 0) is 29.9 Å². The molecule has 0 fully saturated rings. The second-order valence-electron chi connectivity index (χ2n) is 3.08. The summed E-state index contributed by atoms with van der Waals surface area (Å²) >= 11 is 0. The van der Waals surface area contributed by atoms with Gasteiger partial charge in [0.25, 0.3) is 0 Å². The normalized spacial score (nSPS) is 14.0. The van der Waals surface area contributed by atoms with Crippen LogP contribution in [0.4, 0.5) is 0 Å². The zero-order valence-electron chi connectivity index (χ0n) is 7.14. The summed E-state index contributed by atoms with van der Waals surface area (Å²) in [4.78, 5) is 4.19. The van der Waals surface area contributed by atoms with Crippen LogP contribution in [0.3, 0.4) is 0 Å². The highest BCUT2D eigenvalue weighted by Gasteiger charge is 2.18. The lowest BCUT2D eigenvalue weighted by molar-refractivity contribution is 0.425. The van der Waals surface area contributed by atoms with Crippen LogP contribution in [0.25, 0.3) is 6.08 Å². The lowest BCUT2D eigenvalue weighted by Gasteiger charge is -2.12. The Morgan fingerprint density at radius 3 is 3.00 bits per heavy atom. The number of allylic oxidation sites excluding steroid dienone is 1. The van der Waals surface area contributed by atoms with Gasteiger partial charge in [-0.2, -0.15) is 0 Å². The van der Waals surface area contributed by atoms with Crippen LogP contribution in [0.2, 0.25) is 0 Å². The molecule has 0 saturated carbocycles. The fraction of sp³-hybridized carbons (Fsp3) is 0.222. The molecule has 1 aromatic heterocycles. The molecule has 0 unspecified atom stereocenters. The van der Waals surface area contributed by atoms with E-state index in [0.29, 0.717) is 5.46 Å². The number of nitrogens with zero attached hydrogens (tertiary/aromatic N) is 1. The van der Waals surface area contributed by atoms with E-state index in [4.69, 9.17) is 10.0 Å². The molecule has 0 aromatic carbocycles. The molecule has 1 aliphatic rings. The summed E-state index contributed by atoms with van der Waals surface area (Å²) in [5, 5.41) is 18.1. The van der Waals surface area contributed by atoms with Crippen molar-refractivity contribution in [2.24, 2.45) is 0 Å². The lowest BCUT2D eigenvalue weighted by atomic mass is 9.76. The Balaban J connectivity index is 2.54. The number of hydrogen-bond acceptors (Lipinski definition) is 3. The molecule has 0 aliphatic heterocycles. The maximum Gasteiger partial charge on any atom is 0.489 e. The van der Waals surface area contributed by atoms with E-state index >= 15 is 0 Å². The van der Waals surface area contributed by atoms with Crippen molar-refractivity contribution in [3.8, 4) is 0 Å². The number of aryl methyl sites for hydroxylation is 1. The predicted molar refractivity (Wildman–Crippen MR) is 51.4 cm³/mol. The van der Waals surface area contributed by atoms with Crippen LogP contribution >= 0.6 is 0 Å². The molecule has 4 heteroatoms. The van der Waals surface area contributed by atoms with Crippen molar-refractivity contribution in [3.63, 3.8) is 0 Å². The Morgan fingerprint density at radius 1 is 1.38 bits per heavy atom. The van der Waals surface area contributed by atoms with Crippen molar-refractivity contribution in [2.45, 2.75) is 12.8 Å². The van der Waals surface area contributed by atoms with Crippen molar-refractivity contribution in [3.05, 3.63) is 29.6 Å².